The molecule has 0 heterocycles. The van der Waals surface area contributed by atoms with E-state index >= 15 is 0 Å². The molecule has 0 aromatic rings. The van der Waals surface area contributed by atoms with Crippen molar-refractivity contribution < 1.29 is 10.2 Å². The van der Waals surface area contributed by atoms with Crippen molar-refractivity contribution in [1.29, 1.82) is 0 Å². The lowest BCUT2D eigenvalue weighted by atomic mass is 9.87. The number of rotatable bonds is 0. The van der Waals surface area contributed by atoms with E-state index in [0.29, 0.717) is 5.92 Å². The van der Waals surface area contributed by atoms with Crippen molar-refractivity contribution in [3.8, 4) is 0 Å². The van der Waals surface area contributed by atoms with E-state index in [1.54, 1.807) is 0 Å². The molecule has 0 aromatic carbocycles. The maximum atomic E-state index is 9.10. The van der Waals surface area contributed by atoms with Crippen LogP contribution < -0.4 is 0 Å². The van der Waals surface area contributed by atoms with Gasteiger partial charge in [-0.25, -0.2) is 0 Å². The number of aliphatic hydroxyl groups excluding tert-OH is 2. The molecule has 1 saturated carbocycles. The molecule has 2 heteroatoms. The quantitative estimate of drug-likeness (QED) is 0.564. The topological polar surface area (TPSA) is 40.5 Å². The summed E-state index contributed by atoms with van der Waals surface area (Å²) in [6.45, 7) is 6.11. The minimum absolute atomic E-state index is 0.457. The number of hydrogen-bond donors (Lipinski definition) is 2. The van der Waals surface area contributed by atoms with E-state index in [9.17, 15) is 0 Å². The van der Waals surface area contributed by atoms with Crippen LogP contribution in [0.1, 0.15) is 40.0 Å². The molecule has 0 radical (unpaired) electrons. The Bertz CT molecular complexity index is 93.6. The van der Waals surface area contributed by atoms with E-state index in [0.717, 1.165) is 19.3 Å². The van der Waals surface area contributed by atoms with Gasteiger partial charge in [0.15, 0.2) is 0 Å². The van der Waals surface area contributed by atoms with Crippen LogP contribution in [0, 0.1) is 5.92 Å². The highest BCUT2D eigenvalue weighted by molar-refractivity contribution is 4.76. The van der Waals surface area contributed by atoms with Crippen molar-refractivity contribution in [2.45, 2.75) is 52.2 Å². The summed E-state index contributed by atoms with van der Waals surface area (Å²) in [5.74, 6) is 0.586. The SMILES string of the molecule is CC.CC1CC[C@@H](O)[C@@H](O)C1. The number of hydrogen-bond acceptors (Lipinski definition) is 2. The summed E-state index contributed by atoms with van der Waals surface area (Å²) in [6, 6.07) is 0. The molecule has 3 atom stereocenters. The average Bonchev–Trinajstić information content (AvgIpc) is 2.02. The summed E-state index contributed by atoms with van der Waals surface area (Å²) in [7, 11) is 0. The molecule has 1 rings (SSSR count). The van der Waals surface area contributed by atoms with E-state index in [1.165, 1.54) is 0 Å². The molecule has 1 aliphatic rings. The van der Waals surface area contributed by atoms with Gasteiger partial charge in [0.05, 0.1) is 12.2 Å². The van der Waals surface area contributed by atoms with Gasteiger partial charge in [-0.15, -0.1) is 0 Å². The molecule has 0 spiro atoms. The van der Waals surface area contributed by atoms with Gasteiger partial charge in [-0.3, -0.25) is 0 Å². The summed E-state index contributed by atoms with van der Waals surface area (Å²) < 4.78 is 0. The molecule has 0 amide bonds. The average molecular weight is 160 g/mol. The first-order valence-corrected chi connectivity index (χ1v) is 4.56. The number of aliphatic hydroxyl groups is 2. The standard InChI is InChI=1S/C7H14O2.C2H6/c1-5-2-3-6(8)7(9)4-5;1-2/h5-9H,2-4H2,1H3;1-2H3/t5?,6-,7+;/m1./s1. The molecular weight excluding hydrogens is 140 g/mol. The van der Waals surface area contributed by atoms with Crippen molar-refractivity contribution in [1.82, 2.24) is 0 Å². The highest BCUT2D eigenvalue weighted by Crippen LogP contribution is 2.23. The molecule has 0 saturated heterocycles. The summed E-state index contributed by atoms with van der Waals surface area (Å²) in [5, 5.41) is 18.1. The zero-order chi connectivity index (χ0) is 8.85. The summed E-state index contributed by atoms with van der Waals surface area (Å²) in [5.41, 5.74) is 0. The Morgan fingerprint density at radius 3 is 1.91 bits per heavy atom. The van der Waals surface area contributed by atoms with Crippen LogP contribution in [0.5, 0.6) is 0 Å². The normalized spacial score (nSPS) is 37.4. The molecule has 0 bridgehead atoms. The van der Waals surface area contributed by atoms with Crippen LogP contribution in [0.4, 0.5) is 0 Å². The Kier molecular flexibility index (Phi) is 5.51. The fourth-order valence-electron chi connectivity index (χ4n) is 1.33. The zero-order valence-corrected chi connectivity index (χ0v) is 7.75. The van der Waals surface area contributed by atoms with Gasteiger partial charge >= 0.3 is 0 Å². The van der Waals surface area contributed by atoms with Crippen LogP contribution in [0.25, 0.3) is 0 Å². The van der Waals surface area contributed by atoms with Crippen LogP contribution in [0.3, 0.4) is 0 Å². The van der Waals surface area contributed by atoms with E-state index in [2.05, 4.69) is 6.92 Å². The Morgan fingerprint density at radius 2 is 1.55 bits per heavy atom. The third kappa shape index (κ3) is 3.73. The molecule has 0 aliphatic heterocycles. The van der Waals surface area contributed by atoms with Crippen molar-refractivity contribution in [2.24, 2.45) is 5.92 Å². The Labute approximate surface area is 69.2 Å². The smallest absolute Gasteiger partial charge is 0.0801 e. The molecule has 1 fully saturated rings. The zero-order valence-electron chi connectivity index (χ0n) is 7.75. The van der Waals surface area contributed by atoms with Crippen LogP contribution >= 0.6 is 0 Å². The second-order valence-electron chi connectivity index (χ2n) is 3.05. The first-order valence-electron chi connectivity index (χ1n) is 4.56. The molecule has 2 N–H and O–H groups in total. The van der Waals surface area contributed by atoms with Crippen LogP contribution in [-0.4, -0.2) is 22.4 Å². The van der Waals surface area contributed by atoms with E-state index < -0.39 is 12.2 Å². The van der Waals surface area contributed by atoms with Crippen molar-refractivity contribution in [3.05, 3.63) is 0 Å². The first-order chi connectivity index (χ1) is 5.20. The predicted octanol–water partition coefficient (Wildman–Crippen LogP) is 1.55. The molecular formula is C9H20O2. The molecule has 1 aliphatic carbocycles. The minimum atomic E-state index is -0.464. The van der Waals surface area contributed by atoms with Crippen molar-refractivity contribution in [2.75, 3.05) is 0 Å². The lowest BCUT2D eigenvalue weighted by Gasteiger charge is -2.27. The molecule has 2 nitrogen and oxygen atoms in total. The Balaban J connectivity index is 0.000000461. The first kappa shape index (κ1) is 10.9. The van der Waals surface area contributed by atoms with Crippen LogP contribution in [0.15, 0.2) is 0 Å². The summed E-state index contributed by atoms with van der Waals surface area (Å²) in [6.07, 6.45) is 1.66. The molecule has 1 unspecified atom stereocenters. The maximum absolute atomic E-state index is 9.10. The summed E-state index contributed by atoms with van der Waals surface area (Å²) in [4.78, 5) is 0. The lowest BCUT2D eigenvalue weighted by Crippen LogP contribution is -2.32. The van der Waals surface area contributed by atoms with E-state index in [4.69, 9.17) is 10.2 Å². The second-order valence-corrected chi connectivity index (χ2v) is 3.05. The van der Waals surface area contributed by atoms with Gasteiger partial charge in [-0.1, -0.05) is 20.8 Å². The highest BCUT2D eigenvalue weighted by Gasteiger charge is 2.24. The monoisotopic (exact) mass is 160 g/mol. The van der Waals surface area contributed by atoms with Crippen LogP contribution in [0.2, 0.25) is 0 Å². The van der Waals surface area contributed by atoms with Gasteiger partial charge in [0, 0.05) is 0 Å². The second kappa shape index (κ2) is 5.56. The maximum Gasteiger partial charge on any atom is 0.0801 e. The lowest BCUT2D eigenvalue weighted by molar-refractivity contribution is -0.0226. The molecule has 68 valence electrons. The van der Waals surface area contributed by atoms with Gasteiger partial charge in [-0.05, 0) is 25.2 Å². The largest absolute Gasteiger partial charge is 0.390 e. The van der Waals surface area contributed by atoms with E-state index in [1.807, 2.05) is 13.8 Å². The van der Waals surface area contributed by atoms with Crippen molar-refractivity contribution in [3.63, 3.8) is 0 Å². The molecule has 11 heavy (non-hydrogen) atoms. The highest BCUT2D eigenvalue weighted by atomic mass is 16.3. The minimum Gasteiger partial charge on any atom is -0.390 e. The van der Waals surface area contributed by atoms with Gasteiger partial charge in [0.1, 0.15) is 0 Å². The fraction of sp³-hybridized carbons (Fsp3) is 1.00. The molecule has 0 aromatic heterocycles. The van der Waals surface area contributed by atoms with Crippen LogP contribution in [-0.2, 0) is 0 Å². The Morgan fingerprint density at radius 1 is 1.00 bits per heavy atom. The Hall–Kier alpha value is -0.0800. The van der Waals surface area contributed by atoms with Gasteiger partial charge < -0.3 is 10.2 Å². The third-order valence-electron chi connectivity index (χ3n) is 2.04. The van der Waals surface area contributed by atoms with Gasteiger partial charge in [-0.2, -0.15) is 0 Å². The fourth-order valence-corrected chi connectivity index (χ4v) is 1.33. The predicted molar refractivity (Wildman–Crippen MR) is 46.4 cm³/mol. The van der Waals surface area contributed by atoms with Gasteiger partial charge in [0.25, 0.3) is 0 Å². The van der Waals surface area contributed by atoms with Crippen molar-refractivity contribution >= 4 is 0 Å². The third-order valence-corrected chi connectivity index (χ3v) is 2.04. The summed E-state index contributed by atoms with van der Waals surface area (Å²) >= 11 is 0. The van der Waals surface area contributed by atoms with Gasteiger partial charge in [0.2, 0.25) is 0 Å². The van der Waals surface area contributed by atoms with E-state index in [-0.39, 0.29) is 0 Å².